The summed E-state index contributed by atoms with van der Waals surface area (Å²) in [4.78, 5) is 34.9. The Hall–Kier alpha value is -5.82. The molecular weight excluding hydrogens is 827 g/mol. The van der Waals surface area contributed by atoms with Crippen LogP contribution in [-0.2, 0) is 24.8 Å². The van der Waals surface area contributed by atoms with Gasteiger partial charge < -0.3 is 33.4 Å². The lowest BCUT2D eigenvalue weighted by Crippen LogP contribution is -2.43. The van der Waals surface area contributed by atoms with Crippen LogP contribution in [0.5, 0.6) is 11.5 Å². The zero-order chi connectivity index (χ0) is 44.0. The number of halogens is 2. The number of rotatable bonds is 15. The number of fused-ring (bicyclic) bond motifs is 4. The number of hydrogen-bond donors (Lipinski definition) is 1. The van der Waals surface area contributed by atoms with Crippen molar-refractivity contribution < 1.29 is 28.9 Å². The largest absolute Gasteiger partial charge is 0.494 e. The molecule has 7 aromatic rings. The van der Waals surface area contributed by atoms with Gasteiger partial charge in [-0.25, -0.2) is 4.79 Å². The number of aromatic carboxylic acids is 1. The Morgan fingerprint density at radius 2 is 1.66 bits per heavy atom. The average molecular weight is 878 g/mol. The molecule has 1 aliphatic rings. The van der Waals surface area contributed by atoms with Crippen molar-refractivity contribution in [3.05, 3.63) is 122 Å². The van der Waals surface area contributed by atoms with Gasteiger partial charge in [0.25, 0.3) is 5.91 Å². The van der Waals surface area contributed by atoms with E-state index in [0.29, 0.717) is 65.7 Å². The molecule has 0 spiro atoms. The number of benzene rings is 3. The van der Waals surface area contributed by atoms with Gasteiger partial charge in [0.2, 0.25) is 0 Å². The molecule has 0 aliphatic carbocycles. The predicted molar refractivity (Wildman–Crippen MR) is 244 cm³/mol. The molecule has 5 heterocycles. The first kappa shape index (κ1) is 42.9. The highest BCUT2D eigenvalue weighted by molar-refractivity contribution is 6.35. The van der Waals surface area contributed by atoms with Crippen molar-refractivity contribution in [1.82, 2.24) is 23.9 Å². The van der Waals surface area contributed by atoms with Crippen LogP contribution in [0.1, 0.15) is 80.9 Å². The van der Waals surface area contributed by atoms with Crippen LogP contribution in [0.15, 0.2) is 67.0 Å². The predicted octanol–water partition coefficient (Wildman–Crippen LogP) is 10.3. The molecule has 0 fully saturated rings. The van der Waals surface area contributed by atoms with Gasteiger partial charge in [0, 0.05) is 77.3 Å². The third kappa shape index (κ3) is 7.80. The molecule has 1 N–H and O–H groups in total. The highest BCUT2D eigenvalue weighted by Crippen LogP contribution is 2.46. The number of nitrogens with zero attached hydrogens (tertiary/aromatic N) is 6. The maximum Gasteiger partial charge on any atom is 0.337 e. The topological polar surface area (TPSA) is 126 Å². The maximum absolute atomic E-state index is 15.7. The number of aromatic nitrogens is 5. The quantitative estimate of drug-likeness (QED) is 0.101. The lowest BCUT2D eigenvalue weighted by molar-refractivity contribution is 0.0698. The Morgan fingerprint density at radius 3 is 2.34 bits per heavy atom. The maximum atomic E-state index is 15.7. The summed E-state index contributed by atoms with van der Waals surface area (Å²) in [7, 11) is 1.92. The van der Waals surface area contributed by atoms with Gasteiger partial charge in [-0.05, 0) is 107 Å². The Bertz CT molecular complexity index is 2840. The van der Waals surface area contributed by atoms with E-state index >= 15 is 4.79 Å². The number of anilines is 1. The molecule has 1 amide bonds. The second-order valence-electron chi connectivity index (χ2n) is 16.0. The smallest absolute Gasteiger partial charge is 0.337 e. The number of carbonyl (C=O) groups excluding carboxylic acids is 1. The zero-order valence-corrected chi connectivity index (χ0v) is 37.5. The highest BCUT2D eigenvalue weighted by atomic mass is 35.5. The number of aryl methyl sites for hydroxylation is 5. The van der Waals surface area contributed by atoms with Crippen molar-refractivity contribution in [2.75, 3.05) is 37.9 Å². The SMILES string of the molecule is CCOCCOc1cc(N2CC(C)n3c(c(CCCOc4cc(C)c(Cl)c(C)c4)c4ccc(Cl)c(-c5c(C)nn(C)c5C)c43)C2=O)c2c(c1)c(C(=O)O)cn2Cc1ccccn1. The molecule has 1 unspecified atom stereocenters. The van der Waals surface area contributed by atoms with E-state index in [4.69, 9.17) is 42.5 Å². The fraction of sp³-hybridized carbons (Fsp3) is 0.333. The molecule has 12 nitrogen and oxygen atoms in total. The molecule has 0 saturated heterocycles. The lowest BCUT2D eigenvalue weighted by atomic mass is 9.98. The van der Waals surface area contributed by atoms with Crippen LogP contribution in [-0.4, -0.2) is 73.9 Å². The van der Waals surface area contributed by atoms with Gasteiger partial charge >= 0.3 is 5.97 Å². The van der Waals surface area contributed by atoms with Crippen molar-refractivity contribution in [1.29, 1.82) is 0 Å². The summed E-state index contributed by atoms with van der Waals surface area (Å²) >= 11 is 13.6. The number of hydrogen-bond acceptors (Lipinski definition) is 7. The number of carbonyl (C=O) groups is 2. The van der Waals surface area contributed by atoms with E-state index in [-0.39, 0.29) is 37.2 Å². The first-order valence-electron chi connectivity index (χ1n) is 20.9. The van der Waals surface area contributed by atoms with E-state index in [2.05, 4.69) is 16.5 Å². The number of ether oxygens (including phenoxy) is 3. The molecule has 14 heteroatoms. The normalized spacial score (nSPS) is 14.0. The first-order valence-corrected chi connectivity index (χ1v) is 21.6. The molecule has 0 saturated carbocycles. The highest BCUT2D eigenvalue weighted by Gasteiger charge is 2.38. The molecule has 0 radical (unpaired) electrons. The van der Waals surface area contributed by atoms with Crippen molar-refractivity contribution in [3.63, 3.8) is 0 Å². The van der Waals surface area contributed by atoms with Crippen LogP contribution in [0, 0.1) is 27.7 Å². The lowest BCUT2D eigenvalue weighted by Gasteiger charge is -2.35. The molecule has 4 aromatic heterocycles. The number of carboxylic acid groups (broad SMARTS) is 1. The monoisotopic (exact) mass is 876 g/mol. The fourth-order valence-electron chi connectivity index (χ4n) is 8.94. The van der Waals surface area contributed by atoms with Gasteiger partial charge in [0.15, 0.2) is 0 Å². The number of pyridine rings is 1. The van der Waals surface area contributed by atoms with Gasteiger partial charge in [-0.15, -0.1) is 0 Å². The van der Waals surface area contributed by atoms with Crippen LogP contribution < -0.4 is 14.4 Å². The third-order valence-electron chi connectivity index (χ3n) is 11.8. The summed E-state index contributed by atoms with van der Waals surface area (Å²) in [5.41, 5.74) is 9.68. The van der Waals surface area contributed by atoms with Crippen molar-refractivity contribution >= 4 is 62.6 Å². The molecule has 1 atom stereocenters. The Kier molecular flexibility index (Phi) is 12.1. The standard InChI is InChI=1S/C48H50Cl2N6O6/c1-8-60-18-19-62-34-22-37-38(48(58)59)26-54(25-32-12-9-10-16-51-32)44(37)40(23-34)55-24-29(4)56-45-36(14-15-39(49)42(45)41-30(5)52-53(7)31(41)6)35(46(56)47(55)57)13-11-17-61-33-20-27(2)43(50)28(3)21-33/h9-10,12,14-16,20-23,26,29H,8,11,13,17-19,24-25H2,1-7H3,(H,58,59). The average Bonchev–Trinajstić information content (AvgIpc) is 3.86. The van der Waals surface area contributed by atoms with Gasteiger partial charge in [-0.3, -0.25) is 14.5 Å². The summed E-state index contributed by atoms with van der Waals surface area (Å²) in [6.07, 6.45) is 4.46. The van der Waals surface area contributed by atoms with E-state index in [1.54, 1.807) is 23.4 Å². The van der Waals surface area contributed by atoms with Crippen LogP contribution >= 0.6 is 23.2 Å². The number of amides is 1. The van der Waals surface area contributed by atoms with E-state index in [9.17, 15) is 9.90 Å². The second-order valence-corrected chi connectivity index (χ2v) is 16.7. The molecule has 62 heavy (non-hydrogen) atoms. The van der Waals surface area contributed by atoms with E-state index < -0.39 is 5.97 Å². The molecule has 3 aromatic carbocycles. The van der Waals surface area contributed by atoms with Crippen molar-refractivity contribution in [3.8, 4) is 22.6 Å². The third-order valence-corrected chi connectivity index (χ3v) is 12.7. The first-order chi connectivity index (χ1) is 29.8. The Morgan fingerprint density at radius 1 is 0.919 bits per heavy atom. The molecule has 1 aliphatic heterocycles. The molecule has 8 rings (SSSR count). The number of carboxylic acids is 1. The fourth-order valence-corrected chi connectivity index (χ4v) is 9.30. The van der Waals surface area contributed by atoms with Gasteiger partial charge in [0.1, 0.15) is 23.8 Å². The van der Waals surface area contributed by atoms with Crippen LogP contribution in [0.25, 0.3) is 32.9 Å². The minimum Gasteiger partial charge on any atom is -0.494 e. The summed E-state index contributed by atoms with van der Waals surface area (Å²) in [5, 5.41) is 17.9. The van der Waals surface area contributed by atoms with Crippen LogP contribution in [0.4, 0.5) is 5.69 Å². The second kappa shape index (κ2) is 17.5. The van der Waals surface area contributed by atoms with Gasteiger partial charge in [-0.1, -0.05) is 35.3 Å². The summed E-state index contributed by atoms with van der Waals surface area (Å²) in [5.74, 6) is -0.151. The van der Waals surface area contributed by atoms with Crippen LogP contribution in [0.3, 0.4) is 0 Å². The molecular formula is C48H50Cl2N6O6. The Balaban J connectivity index is 1.30. The zero-order valence-electron chi connectivity index (χ0n) is 36.0. The van der Waals surface area contributed by atoms with Gasteiger partial charge in [-0.2, -0.15) is 5.10 Å². The van der Waals surface area contributed by atoms with Crippen LogP contribution in [0.2, 0.25) is 10.0 Å². The minimum absolute atomic E-state index is 0.0901. The van der Waals surface area contributed by atoms with Crippen molar-refractivity contribution in [2.45, 2.75) is 67.0 Å². The van der Waals surface area contributed by atoms with E-state index in [1.807, 2.05) is 99.4 Å². The van der Waals surface area contributed by atoms with E-state index in [1.165, 1.54) is 0 Å². The summed E-state index contributed by atoms with van der Waals surface area (Å²) in [6.45, 7) is 14.0. The summed E-state index contributed by atoms with van der Waals surface area (Å²) < 4.78 is 23.9. The molecule has 322 valence electrons. The van der Waals surface area contributed by atoms with E-state index in [0.717, 1.165) is 66.6 Å². The Labute approximate surface area is 370 Å². The van der Waals surface area contributed by atoms with Crippen molar-refractivity contribution in [2.24, 2.45) is 7.05 Å². The molecule has 0 bridgehead atoms. The minimum atomic E-state index is -1.09. The summed E-state index contributed by atoms with van der Waals surface area (Å²) in [6, 6.07) is 16.8. The van der Waals surface area contributed by atoms with Gasteiger partial charge in [0.05, 0.1) is 58.5 Å².